The lowest BCUT2D eigenvalue weighted by atomic mass is 9.96. The van der Waals surface area contributed by atoms with Gasteiger partial charge < -0.3 is 14.5 Å². The highest BCUT2D eigenvalue weighted by Gasteiger charge is 2.31. The molecule has 5 nitrogen and oxygen atoms in total. The summed E-state index contributed by atoms with van der Waals surface area (Å²) in [7, 11) is 1.41. The highest BCUT2D eigenvalue weighted by atomic mass is 32.2. The fourth-order valence-electron chi connectivity index (χ4n) is 2.68. The Bertz CT molecular complexity index is 673. The lowest BCUT2D eigenvalue weighted by molar-refractivity contribution is -0.274. The number of aromatic amines is 1. The van der Waals surface area contributed by atoms with Gasteiger partial charge >= 0.3 is 6.36 Å². The molecule has 0 aliphatic heterocycles. The van der Waals surface area contributed by atoms with E-state index in [1.807, 2.05) is 11.9 Å². The summed E-state index contributed by atoms with van der Waals surface area (Å²) in [5.74, 6) is 0.891. The number of halogens is 3. The van der Waals surface area contributed by atoms with E-state index in [0.717, 1.165) is 6.04 Å². The molecule has 2 N–H and O–H groups in total. The second-order valence-corrected chi connectivity index (χ2v) is 6.96. The van der Waals surface area contributed by atoms with E-state index in [9.17, 15) is 13.2 Å². The van der Waals surface area contributed by atoms with Crippen LogP contribution in [0, 0.1) is 0 Å². The first-order chi connectivity index (χ1) is 12.4. The van der Waals surface area contributed by atoms with Crippen molar-refractivity contribution in [3.8, 4) is 11.8 Å². The van der Waals surface area contributed by atoms with Crippen molar-refractivity contribution in [2.24, 2.45) is 0 Å². The molecule has 9 heteroatoms. The van der Waals surface area contributed by atoms with E-state index in [-0.39, 0.29) is 11.8 Å². The lowest BCUT2D eigenvalue weighted by Gasteiger charge is -2.21. The zero-order valence-electron chi connectivity index (χ0n) is 14.9. The van der Waals surface area contributed by atoms with Crippen molar-refractivity contribution in [1.82, 2.24) is 14.7 Å². The van der Waals surface area contributed by atoms with Gasteiger partial charge in [0.05, 0.1) is 18.1 Å². The first-order valence-electron chi connectivity index (χ1n) is 8.58. The number of rotatable bonds is 5. The van der Waals surface area contributed by atoms with Crippen LogP contribution >= 0.6 is 11.9 Å². The molecule has 146 valence electrons. The highest BCUT2D eigenvalue weighted by Crippen LogP contribution is 2.26. The summed E-state index contributed by atoms with van der Waals surface area (Å²) in [6.45, 7) is 2.19. The first-order valence-corrected chi connectivity index (χ1v) is 9.56. The van der Waals surface area contributed by atoms with Crippen molar-refractivity contribution in [3.05, 3.63) is 18.2 Å². The number of aromatic nitrogens is 2. The van der Waals surface area contributed by atoms with E-state index < -0.39 is 6.36 Å². The summed E-state index contributed by atoms with van der Waals surface area (Å²) in [5.41, 5.74) is 0.921. The minimum atomic E-state index is -4.70. The van der Waals surface area contributed by atoms with Gasteiger partial charge in [-0.05, 0) is 25.0 Å². The minimum absolute atomic E-state index is 0.235. The zero-order valence-corrected chi connectivity index (χ0v) is 15.7. The van der Waals surface area contributed by atoms with Crippen LogP contribution in [-0.2, 0) is 0 Å². The van der Waals surface area contributed by atoms with Gasteiger partial charge in [0.1, 0.15) is 5.75 Å². The molecule has 1 aliphatic rings. The molecule has 0 unspecified atom stereocenters. The molecular weight excluding hydrogens is 367 g/mol. The summed E-state index contributed by atoms with van der Waals surface area (Å²) in [4.78, 5) is 6.64. The third kappa shape index (κ3) is 6.95. The molecule has 0 radical (unpaired) electrons. The van der Waals surface area contributed by atoms with E-state index in [1.54, 1.807) is 0 Å². The maximum atomic E-state index is 11.9. The molecule has 1 fully saturated rings. The number of nitrogens with one attached hydrogen (secondary N) is 2. The van der Waals surface area contributed by atoms with Crippen molar-refractivity contribution < 1.29 is 22.6 Å². The Kier molecular flexibility index (Phi) is 7.89. The van der Waals surface area contributed by atoms with Gasteiger partial charge in [0.25, 0.3) is 6.01 Å². The Balaban J connectivity index is 0.000000209. The second kappa shape index (κ2) is 9.91. The summed E-state index contributed by atoms with van der Waals surface area (Å²) in [5, 5.41) is 0. The molecule has 2 aromatic rings. The van der Waals surface area contributed by atoms with Crippen LogP contribution in [0.1, 0.15) is 39.0 Å². The molecular formula is C17H24F3N3O2S. The average molecular weight is 391 g/mol. The van der Waals surface area contributed by atoms with Gasteiger partial charge in [-0.3, -0.25) is 4.72 Å². The topological polar surface area (TPSA) is 59.2 Å². The van der Waals surface area contributed by atoms with E-state index in [4.69, 9.17) is 4.74 Å². The lowest BCUT2D eigenvalue weighted by Crippen LogP contribution is -2.25. The Morgan fingerprint density at radius 1 is 1.27 bits per heavy atom. The molecule has 0 atom stereocenters. The second-order valence-electron chi connectivity index (χ2n) is 5.86. The number of alkyl halides is 3. The molecule has 1 heterocycles. The van der Waals surface area contributed by atoms with Crippen LogP contribution in [0.2, 0.25) is 0 Å². The molecule has 1 aromatic carbocycles. The number of hydrogen-bond donors (Lipinski definition) is 2. The number of nitrogens with zero attached hydrogens (tertiary/aromatic N) is 1. The Morgan fingerprint density at radius 2 is 2.00 bits per heavy atom. The molecule has 0 spiro atoms. The van der Waals surface area contributed by atoms with Gasteiger partial charge in [0.2, 0.25) is 0 Å². The van der Waals surface area contributed by atoms with Gasteiger partial charge in [-0.2, -0.15) is 4.98 Å². The SMILES string of the molecule is CCSNC1CCCCC1.COc1nc2ccc(OC(F)(F)F)cc2[nH]1. The summed E-state index contributed by atoms with van der Waals surface area (Å²) in [6.07, 6.45) is 2.41. The third-order valence-corrected chi connectivity index (χ3v) is 4.65. The monoisotopic (exact) mass is 391 g/mol. The number of benzene rings is 1. The van der Waals surface area contributed by atoms with E-state index in [0.29, 0.717) is 11.0 Å². The molecule has 1 aromatic heterocycles. The van der Waals surface area contributed by atoms with Crippen LogP contribution in [-0.4, -0.2) is 35.2 Å². The minimum Gasteiger partial charge on any atom is -0.468 e. The summed E-state index contributed by atoms with van der Waals surface area (Å²) in [6, 6.07) is 4.86. The standard InChI is InChI=1S/C9H7F3N2O2.C8H17NS/c1-15-8-13-6-3-2-5(4-7(6)14-8)16-9(10,11)12;1-2-10-9-8-6-4-3-5-7-8/h2-4H,1H3,(H,13,14);8-9H,2-7H2,1H3. The van der Waals surface area contributed by atoms with Crippen molar-refractivity contribution in [2.75, 3.05) is 12.9 Å². The Hall–Kier alpha value is -1.61. The van der Waals surface area contributed by atoms with Crippen LogP contribution in [0.15, 0.2) is 18.2 Å². The van der Waals surface area contributed by atoms with Gasteiger partial charge in [0.15, 0.2) is 0 Å². The number of H-pyrrole nitrogens is 1. The third-order valence-electron chi connectivity index (χ3n) is 3.86. The molecule has 26 heavy (non-hydrogen) atoms. The maximum Gasteiger partial charge on any atom is 0.573 e. The Morgan fingerprint density at radius 3 is 2.62 bits per heavy atom. The molecule has 0 saturated heterocycles. The van der Waals surface area contributed by atoms with Crippen molar-refractivity contribution in [3.63, 3.8) is 0 Å². The van der Waals surface area contributed by atoms with Crippen LogP contribution in [0.4, 0.5) is 13.2 Å². The summed E-state index contributed by atoms with van der Waals surface area (Å²) < 4.78 is 47.9. The van der Waals surface area contributed by atoms with Crippen molar-refractivity contribution >= 4 is 23.0 Å². The van der Waals surface area contributed by atoms with E-state index >= 15 is 0 Å². The Labute approximate surface area is 155 Å². The molecule has 1 saturated carbocycles. The average Bonchev–Trinajstić information content (AvgIpc) is 3.02. The largest absolute Gasteiger partial charge is 0.573 e. The summed E-state index contributed by atoms with van der Waals surface area (Å²) >= 11 is 1.86. The quantitative estimate of drug-likeness (QED) is 0.699. The van der Waals surface area contributed by atoms with Crippen LogP contribution < -0.4 is 14.2 Å². The smallest absolute Gasteiger partial charge is 0.468 e. The normalized spacial score (nSPS) is 15.4. The highest BCUT2D eigenvalue weighted by molar-refractivity contribution is 7.97. The number of methoxy groups -OCH3 is 1. The molecule has 3 rings (SSSR count). The van der Waals surface area contributed by atoms with Crippen molar-refractivity contribution in [2.45, 2.75) is 51.4 Å². The zero-order chi connectivity index (χ0) is 19.0. The van der Waals surface area contributed by atoms with Crippen LogP contribution in [0.5, 0.6) is 11.8 Å². The fraction of sp³-hybridized carbons (Fsp3) is 0.588. The fourth-order valence-corrected chi connectivity index (χ4v) is 3.32. The molecule has 1 aliphatic carbocycles. The van der Waals surface area contributed by atoms with Gasteiger partial charge in [-0.15, -0.1) is 13.2 Å². The molecule has 0 amide bonds. The van der Waals surface area contributed by atoms with Gasteiger partial charge in [-0.25, -0.2) is 0 Å². The van der Waals surface area contributed by atoms with E-state index in [2.05, 4.69) is 26.4 Å². The first kappa shape index (κ1) is 20.7. The van der Waals surface area contributed by atoms with Gasteiger partial charge in [0, 0.05) is 17.9 Å². The van der Waals surface area contributed by atoms with Crippen LogP contribution in [0.3, 0.4) is 0 Å². The number of hydrogen-bond acceptors (Lipinski definition) is 5. The van der Waals surface area contributed by atoms with Gasteiger partial charge in [-0.1, -0.05) is 38.1 Å². The molecule has 0 bridgehead atoms. The number of imidazole rings is 1. The predicted molar refractivity (Wildman–Crippen MR) is 97.5 cm³/mol. The number of fused-ring (bicyclic) bond motifs is 1. The van der Waals surface area contributed by atoms with Crippen LogP contribution in [0.25, 0.3) is 11.0 Å². The predicted octanol–water partition coefficient (Wildman–Crippen LogP) is 5.05. The van der Waals surface area contributed by atoms with Crippen molar-refractivity contribution in [1.29, 1.82) is 0 Å². The maximum absolute atomic E-state index is 11.9. The van der Waals surface area contributed by atoms with E-state index in [1.165, 1.54) is 63.2 Å². The number of ether oxygens (including phenoxy) is 2.